The number of urea groups is 1. The van der Waals surface area contributed by atoms with Gasteiger partial charge in [-0.2, -0.15) is 13.2 Å². The Kier molecular flexibility index (Phi) is 3.86. The van der Waals surface area contributed by atoms with Crippen LogP contribution in [0.25, 0.3) is 10.9 Å². The molecular formula is C19H16F3N3O. The second-order valence-corrected chi connectivity index (χ2v) is 6.33. The number of anilines is 1. The monoisotopic (exact) mass is 359 g/mol. The van der Waals surface area contributed by atoms with Crippen molar-refractivity contribution in [3.05, 3.63) is 65.4 Å². The van der Waals surface area contributed by atoms with E-state index in [1.807, 2.05) is 24.3 Å². The van der Waals surface area contributed by atoms with E-state index in [-0.39, 0.29) is 6.03 Å². The number of hydrogen-bond acceptors (Lipinski definition) is 1. The lowest BCUT2D eigenvalue weighted by atomic mass is 9.97. The van der Waals surface area contributed by atoms with E-state index in [1.54, 1.807) is 11.1 Å². The van der Waals surface area contributed by atoms with Crippen molar-refractivity contribution in [2.24, 2.45) is 0 Å². The van der Waals surface area contributed by atoms with Crippen LogP contribution in [0.5, 0.6) is 0 Å². The molecule has 2 aromatic carbocycles. The van der Waals surface area contributed by atoms with Gasteiger partial charge in [0.1, 0.15) is 0 Å². The van der Waals surface area contributed by atoms with Crippen molar-refractivity contribution in [2.75, 3.05) is 11.9 Å². The molecule has 1 aliphatic heterocycles. The lowest BCUT2D eigenvalue weighted by molar-refractivity contribution is -0.137. The fourth-order valence-corrected chi connectivity index (χ4v) is 3.27. The van der Waals surface area contributed by atoms with Gasteiger partial charge in [-0.25, -0.2) is 4.79 Å². The molecule has 0 aliphatic carbocycles. The predicted octanol–water partition coefficient (Wildman–Crippen LogP) is 4.78. The first kappa shape index (κ1) is 16.5. The average molecular weight is 359 g/mol. The maximum Gasteiger partial charge on any atom is 0.416 e. The number of alkyl halides is 3. The van der Waals surface area contributed by atoms with Crippen LogP contribution >= 0.6 is 0 Å². The summed E-state index contributed by atoms with van der Waals surface area (Å²) >= 11 is 0. The van der Waals surface area contributed by atoms with E-state index < -0.39 is 11.7 Å². The highest BCUT2D eigenvalue weighted by atomic mass is 19.4. The zero-order valence-corrected chi connectivity index (χ0v) is 13.7. The molecule has 0 fully saturated rings. The topological polar surface area (TPSA) is 48.1 Å². The number of hydrogen-bond donors (Lipinski definition) is 2. The summed E-state index contributed by atoms with van der Waals surface area (Å²) in [6.07, 6.45) is -2.21. The van der Waals surface area contributed by atoms with E-state index in [4.69, 9.17) is 0 Å². The maximum absolute atomic E-state index is 12.8. The molecule has 2 amide bonds. The van der Waals surface area contributed by atoms with E-state index in [0.717, 1.165) is 22.5 Å². The SMILES string of the molecule is O=C(Nc1c[nH]c2ccccc12)N1CCc2cc(C(F)(F)F)ccc2C1. The lowest BCUT2D eigenvalue weighted by Crippen LogP contribution is -2.38. The van der Waals surface area contributed by atoms with E-state index >= 15 is 0 Å². The van der Waals surface area contributed by atoms with Crippen LogP contribution in [0.15, 0.2) is 48.7 Å². The number of carbonyl (C=O) groups excluding carboxylic acids is 1. The van der Waals surface area contributed by atoms with Crippen LogP contribution in [-0.2, 0) is 19.1 Å². The molecule has 2 N–H and O–H groups in total. The fourth-order valence-electron chi connectivity index (χ4n) is 3.27. The van der Waals surface area contributed by atoms with Crippen molar-refractivity contribution in [3.8, 4) is 0 Å². The molecule has 7 heteroatoms. The Balaban J connectivity index is 1.51. The van der Waals surface area contributed by atoms with Crippen LogP contribution in [0, 0.1) is 0 Å². The van der Waals surface area contributed by atoms with Gasteiger partial charge in [0.15, 0.2) is 0 Å². The number of para-hydroxylation sites is 1. The van der Waals surface area contributed by atoms with Crippen molar-refractivity contribution >= 4 is 22.6 Å². The number of fused-ring (bicyclic) bond motifs is 2. The van der Waals surface area contributed by atoms with Gasteiger partial charge in [-0.3, -0.25) is 0 Å². The Morgan fingerprint density at radius 2 is 1.92 bits per heavy atom. The third-order valence-corrected chi connectivity index (χ3v) is 4.66. The number of H-pyrrole nitrogens is 1. The van der Waals surface area contributed by atoms with Crippen molar-refractivity contribution in [1.29, 1.82) is 0 Å². The molecule has 0 saturated carbocycles. The fraction of sp³-hybridized carbons (Fsp3) is 0.211. The van der Waals surface area contributed by atoms with Crippen LogP contribution in [0.3, 0.4) is 0 Å². The molecule has 4 nitrogen and oxygen atoms in total. The van der Waals surface area contributed by atoms with Gasteiger partial charge in [0.05, 0.1) is 11.3 Å². The molecule has 0 spiro atoms. The molecule has 1 aliphatic rings. The zero-order valence-electron chi connectivity index (χ0n) is 13.7. The first-order chi connectivity index (χ1) is 12.4. The number of rotatable bonds is 1. The van der Waals surface area contributed by atoms with E-state index in [2.05, 4.69) is 10.3 Å². The number of halogens is 3. The average Bonchev–Trinajstić information content (AvgIpc) is 3.03. The van der Waals surface area contributed by atoms with Crippen LogP contribution in [0.2, 0.25) is 0 Å². The largest absolute Gasteiger partial charge is 0.416 e. The van der Waals surface area contributed by atoms with Crippen LogP contribution < -0.4 is 5.32 Å². The van der Waals surface area contributed by atoms with Gasteiger partial charge in [0, 0.05) is 30.2 Å². The second-order valence-electron chi connectivity index (χ2n) is 6.33. The van der Waals surface area contributed by atoms with Gasteiger partial charge >= 0.3 is 12.2 Å². The minimum Gasteiger partial charge on any atom is -0.359 e. The second kappa shape index (κ2) is 6.09. The molecule has 0 unspecified atom stereocenters. The molecule has 2 heterocycles. The highest BCUT2D eigenvalue weighted by Gasteiger charge is 2.32. The first-order valence-electron chi connectivity index (χ1n) is 8.23. The van der Waals surface area contributed by atoms with Crippen molar-refractivity contribution in [1.82, 2.24) is 9.88 Å². The Morgan fingerprint density at radius 1 is 1.12 bits per heavy atom. The minimum atomic E-state index is -4.35. The van der Waals surface area contributed by atoms with Crippen LogP contribution in [0.4, 0.5) is 23.7 Å². The standard InChI is InChI=1S/C19H16F3N3O/c20-19(21,22)14-6-5-13-11-25(8-7-12(13)9-14)18(26)24-17-10-23-16-4-2-1-3-15(16)17/h1-6,9-10,23H,7-8,11H2,(H,24,26). The Morgan fingerprint density at radius 3 is 2.73 bits per heavy atom. The summed E-state index contributed by atoms with van der Waals surface area (Å²) < 4.78 is 38.5. The Hall–Kier alpha value is -2.96. The third-order valence-electron chi connectivity index (χ3n) is 4.66. The number of nitrogens with one attached hydrogen (secondary N) is 2. The summed E-state index contributed by atoms with van der Waals surface area (Å²) in [5.41, 5.74) is 2.36. The van der Waals surface area contributed by atoms with Crippen LogP contribution in [-0.4, -0.2) is 22.5 Å². The Bertz CT molecular complexity index is 978. The molecule has 0 atom stereocenters. The number of nitrogens with zero attached hydrogens (tertiary/aromatic N) is 1. The van der Waals surface area contributed by atoms with Gasteiger partial charge in [-0.1, -0.05) is 24.3 Å². The third kappa shape index (κ3) is 3.00. The summed E-state index contributed by atoms with van der Waals surface area (Å²) in [6.45, 7) is 0.671. The van der Waals surface area contributed by atoms with E-state index in [9.17, 15) is 18.0 Å². The number of aromatic nitrogens is 1. The summed E-state index contributed by atoms with van der Waals surface area (Å²) in [6, 6.07) is 11.1. The number of amides is 2. The quantitative estimate of drug-likeness (QED) is 0.646. The molecule has 0 radical (unpaired) electrons. The summed E-state index contributed by atoms with van der Waals surface area (Å²) in [5, 5.41) is 3.79. The predicted molar refractivity (Wildman–Crippen MR) is 92.9 cm³/mol. The Labute approximate surface area is 147 Å². The van der Waals surface area contributed by atoms with Crippen molar-refractivity contribution < 1.29 is 18.0 Å². The molecule has 3 aromatic rings. The van der Waals surface area contributed by atoms with Gasteiger partial charge in [-0.05, 0) is 35.7 Å². The summed E-state index contributed by atoms with van der Waals surface area (Å²) in [4.78, 5) is 17.3. The maximum atomic E-state index is 12.8. The van der Waals surface area contributed by atoms with Gasteiger partial charge in [0.2, 0.25) is 0 Å². The first-order valence-corrected chi connectivity index (χ1v) is 8.23. The molecular weight excluding hydrogens is 343 g/mol. The van der Waals surface area contributed by atoms with Crippen molar-refractivity contribution in [3.63, 3.8) is 0 Å². The molecule has 0 saturated heterocycles. The van der Waals surface area contributed by atoms with E-state index in [0.29, 0.717) is 30.8 Å². The smallest absolute Gasteiger partial charge is 0.359 e. The molecule has 26 heavy (non-hydrogen) atoms. The van der Waals surface area contributed by atoms with Crippen molar-refractivity contribution in [2.45, 2.75) is 19.1 Å². The zero-order chi connectivity index (χ0) is 18.3. The van der Waals surface area contributed by atoms with Crippen LogP contribution in [0.1, 0.15) is 16.7 Å². The highest BCUT2D eigenvalue weighted by Crippen LogP contribution is 2.32. The highest BCUT2D eigenvalue weighted by molar-refractivity contribution is 6.01. The molecule has 0 bridgehead atoms. The molecule has 1 aromatic heterocycles. The number of benzene rings is 2. The lowest BCUT2D eigenvalue weighted by Gasteiger charge is -2.29. The van der Waals surface area contributed by atoms with Gasteiger partial charge < -0.3 is 15.2 Å². The number of aromatic amines is 1. The summed E-state index contributed by atoms with van der Waals surface area (Å²) in [5.74, 6) is 0. The minimum absolute atomic E-state index is 0.264. The molecule has 134 valence electrons. The number of carbonyl (C=O) groups is 1. The summed E-state index contributed by atoms with van der Waals surface area (Å²) in [7, 11) is 0. The molecule has 4 rings (SSSR count). The van der Waals surface area contributed by atoms with Gasteiger partial charge in [0.25, 0.3) is 0 Å². The normalized spacial score (nSPS) is 14.3. The van der Waals surface area contributed by atoms with Gasteiger partial charge in [-0.15, -0.1) is 0 Å². The van der Waals surface area contributed by atoms with E-state index in [1.165, 1.54) is 12.1 Å².